The van der Waals surface area contributed by atoms with Crippen molar-refractivity contribution in [3.05, 3.63) is 108 Å². The SMILES string of the molecule is Cc1cccc(C(C)C(=O)/C=C/[C@H]2C(OC(=O)c3ccc(-c4ccccc4)cc3)C[C@@H]3OC(=O)C[C@@H]32)c1. The number of fused-ring (bicyclic) bond motifs is 1. The highest BCUT2D eigenvalue weighted by Gasteiger charge is 2.50. The van der Waals surface area contributed by atoms with Crippen LogP contribution < -0.4 is 0 Å². The number of hydrogen-bond donors (Lipinski definition) is 0. The van der Waals surface area contributed by atoms with Crippen LogP contribution in [0.15, 0.2) is 91.0 Å². The summed E-state index contributed by atoms with van der Waals surface area (Å²) in [5.41, 5.74) is 4.61. The van der Waals surface area contributed by atoms with Gasteiger partial charge in [-0.3, -0.25) is 9.59 Å². The molecule has 3 aromatic carbocycles. The number of carbonyl (C=O) groups excluding carboxylic acids is 3. The molecule has 0 spiro atoms. The molecular weight excluding hydrogens is 464 g/mol. The highest BCUT2D eigenvalue weighted by Crippen LogP contribution is 2.44. The molecule has 0 radical (unpaired) electrons. The van der Waals surface area contributed by atoms with Gasteiger partial charge in [-0.15, -0.1) is 0 Å². The fourth-order valence-electron chi connectivity index (χ4n) is 5.38. The van der Waals surface area contributed by atoms with Crippen LogP contribution in [-0.4, -0.2) is 29.9 Å². The standard InChI is InChI=1S/C32H30O5/c1-20-7-6-10-25(17-20)21(2)28(33)16-15-26-27-18-31(34)36-30(27)19-29(26)37-32(35)24-13-11-23(12-14-24)22-8-4-3-5-9-22/h3-17,21,26-27,29-30H,18-19H2,1-2H3/b16-15+/t21?,26-,27-,29?,30+/m1/s1. The van der Waals surface area contributed by atoms with Crippen molar-refractivity contribution >= 4 is 17.7 Å². The lowest BCUT2D eigenvalue weighted by Gasteiger charge is -2.20. The summed E-state index contributed by atoms with van der Waals surface area (Å²) in [4.78, 5) is 37.9. The lowest BCUT2D eigenvalue weighted by Crippen LogP contribution is -2.25. The van der Waals surface area contributed by atoms with E-state index in [0.29, 0.717) is 12.0 Å². The van der Waals surface area contributed by atoms with E-state index in [2.05, 4.69) is 0 Å². The Balaban J connectivity index is 1.30. The first kappa shape index (κ1) is 24.7. The fraction of sp³-hybridized carbons (Fsp3) is 0.281. The average molecular weight is 495 g/mol. The molecule has 0 bridgehead atoms. The molecule has 1 saturated heterocycles. The third-order valence-electron chi connectivity index (χ3n) is 7.49. The lowest BCUT2D eigenvalue weighted by molar-refractivity contribution is -0.141. The second-order valence-electron chi connectivity index (χ2n) is 9.99. The van der Waals surface area contributed by atoms with Crippen LogP contribution in [0.1, 0.15) is 47.2 Å². The first-order chi connectivity index (χ1) is 17.9. The van der Waals surface area contributed by atoms with Crippen LogP contribution in [0.3, 0.4) is 0 Å². The maximum absolute atomic E-state index is 13.0. The highest BCUT2D eigenvalue weighted by atomic mass is 16.6. The molecule has 0 aromatic heterocycles. The maximum Gasteiger partial charge on any atom is 0.338 e. The molecule has 2 fully saturated rings. The molecule has 188 valence electrons. The van der Waals surface area contributed by atoms with Crippen LogP contribution in [0.2, 0.25) is 0 Å². The molecule has 1 aliphatic carbocycles. The number of allylic oxidation sites excluding steroid dienone is 1. The van der Waals surface area contributed by atoms with E-state index in [4.69, 9.17) is 9.47 Å². The topological polar surface area (TPSA) is 69.7 Å². The summed E-state index contributed by atoms with van der Waals surface area (Å²) in [7, 11) is 0. The third kappa shape index (κ3) is 5.41. The van der Waals surface area contributed by atoms with Gasteiger partial charge in [0.1, 0.15) is 12.2 Å². The minimum atomic E-state index is -0.470. The monoisotopic (exact) mass is 494 g/mol. The van der Waals surface area contributed by atoms with Crippen LogP contribution in [0, 0.1) is 18.8 Å². The molecular formula is C32H30O5. The summed E-state index contributed by atoms with van der Waals surface area (Å²) >= 11 is 0. The van der Waals surface area contributed by atoms with Gasteiger partial charge in [-0.2, -0.15) is 0 Å². The van der Waals surface area contributed by atoms with Gasteiger partial charge in [-0.1, -0.05) is 85.3 Å². The average Bonchev–Trinajstić information content (AvgIpc) is 3.42. The first-order valence-electron chi connectivity index (χ1n) is 12.7. The van der Waals surface area contributed by atoms with E-state index in [1.165, 1.54) is 0 Å². The number of ketones is 1. The molecule has 1 saturated carbocycles. The van der Waals surface area contributed by atoms with Crippen molar-refractivity contribution < 1.29 is 23.9 Å². The van der Waals surface area contributed by atoms with Gasteiger partial charge in [-0.05, 0) is 41.8 Å². The molecule has 37 heavy (non-hydrogen) atoms. The molecule has 1 heterocycles. The maximum atomic E-state index is 13.0. The van der Waals surface area contributed by atoms with Crippen LogP contribution in [0.4, 0.5) is 0 Å². The van der Waals surface area contributed by atoms with Crippen LogP contribution in [-0.2, 0) is 19.1 Å². The van der Waals surface area contributed by atoms with Crippen LogP contribution >= 0.6 is 0 Å². The summed E-state index contributed by atoms with van der Waals surface area (Å²) in [6, 6.07) is 25.2. The smallest absolute Gasteiger partial charge is 0.338 e. The van der Waals surface area contributed by atoms with E-state index >= 15 is 0 Å². The van der Waals surface area contributed by atoms with Gasteiger partial charge in [-0.25, -0.2) is 4.79 Å². The summed E-state index contributed by atoms with van der Waals surface area (Å²) in [6.45, 7) is 3.89. The largest absolute Gasteiger partial charge is 0.462 e. The lowest BCUT2D eigenvalue weighted by atomic mass is 9.89. The molecule has 0 N–H and O–H groups in total. The molecule has 2 aliphatic rings. The Kier molecular flexibility index (Phi) is 7.04. The molecule has 5 rings (SSSR count). The Bertz CT molecular complexity index is 1320. The molecule has 5 nitrogen and oxygen atoms in total. The van der Waals surface area contributed by atoms with Gasteiger partial charge in [0, 0.05) is 24.2 Å². The molecule has 2 unspecified atom stereocenters. The van der Waals surface area contributed by atoms with Crippen molar-refractivity contribution in [2.24, 2.45) is 11.8 Å². The van der Waals surface area contributed by atoms with Gasteiger partial charge in [0.05, 0.1) is 12.0 Å². The molecule has 5 atom stereocenters. The predicted molar refractivity (Wildman–Crippen MR) is 141 cm³/mol. The van der Waals surface area contributed by atoms with Crippen molar-refractivity contribution in [2.45, 2.75) is 44.8 Å². The number of aryl methyl sites for hydroxylation is 1. The predicted octanol–water partition coefficient (Wildman–Crippen LogP) is 6.07. The van der Waals surface area contributed by atoms with Crippen molar-refractivity contribution in [1.82, 2.24) is 0 Å². The Labute approximate surface area is 217 Å². The normalized spacial score (nSPS) is 23.5. The fourth-order valence-corrected chi connectivity index (χ4v) is 5.38. The van der Waals surface area contributed by atoms with E-state index in [1.807, 2.05) is 86.7 Å². The number of esters is 2. The Morgan fingerprint density at radius 2 is 1.70 bits per heavy atom. The second-order valence-corrected chi connectivity index (χ2v) is 9.99. The molecule has 1 aliphatic heterocycles. The van der Waals surface area contributed by atoms with Crippen LogP contribution in [0.25, 0.3) is 11.1 Å². The van der Waals surface area contributed by atoms with Gasteiger partial charge < -0.3 is 9.47 Å². The van der Waals surface area contributed by atoms with Crippen molar-refractivity contribution in [1.29, 1.82) is 0 Å². The number of carbonyl (C=O) groups is 3. The molecule has 5 heteroatoms. The van der Waals surface area contributed by atoms with Gasteiger partial charge in [0.15, 0.2) is 5.78 Å². The second kappa shape index (κ2) is 10.6. The van der Waals surface area contributed by atoms with Gasteiger partial charge in [0.2, 0.25) is 0 Å². The number of rotatable bonds is 7. The summed E-state index contributed by atoms with van der Waals surface area (Å²) in [6.07, 6.45) is 3.32. The van der Waals surface area contributed by atoms with E-state index in [0.717, 1.165) is 22.3 Å². The highest BCUT2D eigenvalue weighted by molar-refractivity contribution is 5.95. The number of ether oxygens (including phenoxy) is 2. The van der Waals surface area contributed by atoms with E-state index in [9.17, 15) is 14.4 Å². The minimum Gasteiger partial charge on any atom is -0.462 e. The quantitative estimate of drug-likeness (QED) is 0.295. The van der Waals surface area contributed by atoms with Gasteiger partial charge in [0.25, 0.3) is 0 Å². The molecule has 0 amide bonds. The minimum absolute atomic E-state index is 0.0270. The Morgan fingerprint density at radius 3 is 2.43 bits per heavy atom. The van der Waals surface area contributed by atoms with Crippen molar-refractivity contribution in [3.63, 3.8) is 0 Å². The Hall–Kier alpha value is -3.99. The van der Waals surface area contributed by atoms with Gasteiger partial charge >= 0.3 is 11.9 Å². The zero-order chi connectivity index (χ0) is 25.9. The first-order valence-corrected chi connectivity index (χ1v) is 12.7. The van der Waals surface area contributed by atoms with E-state index in [1.54, 1.807) is 18.2 Å². The number of hydrogen-bond acceptors (Lipinski definition) is 5. The van der Waals surface area contributed by atoms with Crippen molar-refractivity contribution in [2.75, 3.05) is 0 Å². The summed E-state index contributed by atoms with van der Waals surface area (Å²) in [5, 5.41) is 0. The van der Waals surface area contributed by atoms with Crippen molar-refractivity contribution in [3.8, 4) is 11.1 Å². The van der Waals surface area contributed by atoms with E-state index < -0.39 is 12.1 Å². The zero-order valence-electron chi connectivity index (χ0n) is 21.0. The Morgan fingerprint density at radius 1 is 0.973 bits per heavy atom. The summed E-state index contributed by atoms with van der Waals surface area (Å²) in [5.74, 6) is -1.36. The molecule has 3 aromatic rings. The van der Waals surface area contributed by atoms with Crippen LogP contribution in [0.5, 0.6) is 0 Å². The third-order valence-corrected chi connectivity index (χ3v) is 7.49. The number of benzene rings is 3. The van der Waals surface area contributed by atoms with E-state index in [-0.39, 0.29) is 42.0 Å². The summed E-state index contributed by atoms with van der Waals surface area (Å²) < 4.78 is 11.4. The zero-order valence-corrected chi connectivity index (χ0v) is 21.0.